The third kappa shape index (κ3) is 4.65. The topological polar surface area (TPSA) is 43.1 Å². The van der Waals surface area contributed by atoms with E-state index in [-0.39, 0.29) is 12.0 Å². The molecule has 2 nitrogen and oxygen atoms in total. The molecule has 0 aromatic rings. The molecule has 0 spiro atoms. The van der Waals surface area contributed by atoms with Gasteiger partial charge < -0.3 is 5.73 Å². The van der Waals surface area contributed by atoms with E-state index in [1.165, 1.54) is 19.3 Å². The second-order valence-corrected chi connectivity index (χ2v) is 5.66. The first-order valence-electron chi connectivity index (χ1n) is 6.89. The zero-order chi connectivity index (χ0) is 12.0. The quantitative estimate of drug-likeness (QED) is 0.730. The van der Waals surface area contributed by atoms with E-state index < -0.39 is 0 Å². The van der Waals surface area contributed by atoms with Gasteiger partial charge in [-0.05, 0) is 25.2 Å². The number of nitrogens with two attached hydrogens (primary N) is 1. The monoisotopic (exact) mass is 225 g/mol. The van der Waals surface area contributed by atoms with E-state index in [4.69, 9.17) is 5.73 Å². The first kappa shape index (κ1) is 13.7. The zero-order valence-electron chi connectivity index (χ0n) is 10.9. The largest absolute Gasteiger partial charge is 0.327 e. The van der Waals surface area contributed by atoms with Gasteiger partial charge in [-0.2, -0.15) is 0 Å². The number of carbonyl (C=O) groups excluding carboxylic acids is 1. The molecule has 2 heteroatoms. The molecule has 0 aromatic carbocycles. The molecule has 0 bridgehead atoms. The van der Waals surface area contributed by atoms with Gasteiger partial charge in [-0.1, -0.05) is 39.5 Å². The van der Waals surface area contributed by atoms with Gasteiger partial charge >= 0.3 is 0 Å². The molecule has 1 aliphatic carbocycles. The van der Waals surface area contributed by atoms with Gasteiger partial charge in [-0.25, -0.2) is 0 Å². The molecule has 16 heavy (non-hydrogen) atoms. The van der Waals surface area contributed by atoms with Crippen molar-refractivity contribution in [3.05, 3.63) is 0 Å². The van der Waals surface area contributed by atoms with Crippen LogP contribution in [0.5, 0.6) is 0 Å². The van der Waals surface area contributed by atoms with Crippen LogP contribution in [0.15, 0.2) is 0 Å². The lowest BCUT2D eigenvalue weighted by molar-refractivity contribution is -0.123. The molecule has 2 N–H and O–H groups in total. The van der Waals surface area contributed by atoms with Crippen molar-refractivity contribution in [3.63, 3.8) is 0 Å². The Morgan fingerprint density at radius 3 is 2.62 bits per heavy atom. The third-order valence-corrected chi connectivity index (χ3v) is 3.69. The van der Waals surface area contributed by atoms with Crippen molar-refractivity contribution >= 4 is 5.78 Å². The minimum atomic E-state index is 0.133. The van der Waals surface area contributed by atoms with Crippen molar-refractivity contribution in [2.45, 2.75) is 71.3 Å². The summed E-state index contributed by atoms with van der Waals surface area (Å²) < 4.78 is 0. The Morgan fingerprint density at radius 1 is 1.25 bits per heavy atom. The Labute approximate surface area is 100.0 Å². The SMILES string of the molecule is CC(C)CCCC(=O)C1CCCCCC1N. The van der Waals surface area contributed by atoms with Crippen molar-refractivity contribution in [3.8, 4) is 0 Å². The highest BCUT2D eigenvalue weighted by atomic mass is 16.1. The summed E-state index contributed by atoms with van der Waals surface area (Å²) >= 11 is 0. The molecule has 0 radical (unpaired) electrons. The summed E-state index contributed by atoms with van der Waals surface area (Å²) in [5.41, 5.74) is 6.09. The highest BCUT2D eigenvalue weighted by Gasteiger charge is 2.26. The van der Waals surface area contributed by atoms with E-state index in [1.54, 1.807) is 0 Å². The molecular formula is C14H27NO. The lowest BCUT2D eigenvalue weighted by Crippen LogP contribution is -2.34. The molecule has 2 unspecified atom stereocenters. The van der Waals surface area contributed by atoms with Gasteiger partial charge in [0.1, 0.15) is 5.78 Å². The minimum absolute atomic E-state index is 0.133. The van der Waals surface area contributed by atoms with Gasteiger partial charge in [0.2, 0.25) is 0 Å². The van der Waals surface area contributed by atoms with Gasteiger partial charge in [-0.15, -0.1) is 0 Å². The average molecular weight is 225 g/mol. The molecule has 1 aliphatic rings. The second-order valence-electron chi connectivity index (χ2n) is 5.66. The lowest BCUT2D eigenvalue weighted by atomic mass is 9.88. The van der Waals surface area contributed by atoms with Crippen molar-refractivity contribution in [1.82, 2.24) is 0 Å². The Morgan fingerprint density at radius 2 is 1.94 bits per heavy atom. The van der Waals surface area contributed by atoms with Crippen LogP contribution in [-0.2, 0) is 4.79 Å². The summed E-state index contributed by atoms with van der Waals surface area (Å²) in [5.74, 6) is 1.29. The van der Waals surface area contributed by atoms with Gasteiger partial charge in [-0.3, -0.25) is 4.79 Å². The van der Waals surface area contributed by atoms with Crippen LogP contribution in [-0.4, -0.2) is 11.8 Å². The molecular weight excluding hydrogens is 198 g/mol. The number of rotatable bonds is 5. The molecule has 0 heterocycles. The minimum Gasteiger partial charge on any atom is -0.327 e. The van der Waals surface area contributed by atoms with Crippen LogP contribution in [0.2, 0.25) is 0 Å². The Balaban J connectivity index is 2.33. The molecule has 0 aromatic heterocycles. The van der Waals surface area contributed by atoms with E-state index in [0.29, 0.717) is 11.7 Å². The first-order valence-corrected chi connectivity index (χ1v) is 6.89. The van der Waals surface area contributed by atoms with Crippen LogP contribution >= 0.6 is 0 Å². The van der Waals surface area contributed by atoms with Gasteiger partial charge in [0.15, 0.2) is 0 Å². The number of Topliss-reactive ketones (excluding diaryl/α,β-unsaturated/α-hetero) is 1. The lowest BCUT2D eigenvalue weighted by Gasteiger charge is -2.20. The highest BCUT2D eigenvalue weighted by molar-refractivity contribution is 5.81. The van der Waals surface area contributed by atoms with Crippen LogP contribution in [0.3, 0.4) is 0 Å². The summed E-state index contributed by atoms with van der Waals surface area (Å²) in [5, 5.41) is 0. The van der Waals surface area contributed by atoms with Crippen molar-refractivity contribution in [1.29, 1.82) is 0 Å². The van der Waals surface area contributed by atoms with Gasteiger partial charge in [0.05, 0.1) is 0 Å². The summed E-state index contributed by atoms with van der Waals surface area (Å²) in [4.78, 5) is 12.1. The highest BCUT2D eigenvalue weighted by Crippen LogP contribution is 2.24. The summed E-state index contributed by atoms with van der Waals surface area (Å²) in [7, 11) is 0. The fourth-order valence-electron chi connectivity index (χ4n) is 2.61. The first-order chi connectivity index (χ1) is 7.61. The molecule has 94 valence electrons. The molecule has 2 atom stereocenters. The molecule has 0 amide bonds. The Hall–Kier alpha value is -0.370. The maximum Gasteiger partial charge on any atom is 0.137 e. The predicted molar refractivity (Wildman–Crippen MR) is 68.2 cm³/mol. The third-order valence-electron chi connectivity index (χ3n) is 3.69. The number of carbonyl (C=O) groups is 1. The fraction of sp³-hybridized carbons (Fsp3) is 0.929. The van der Waals surface area contributed by atoms with Crippen LogP contribution in [0.4, 0.5) is 0 Å². The zero-order valence-corrected chi connectivity index (χ0v) is 10.9. The molecule has 1 fully saturated rings. The van der Waals surface area contributed by atoms with Crippen LogP contribution < -0.4 is 5.73 Å². The molecule has 1 saturated carbocycles. The van der Waals surface area contributed by atoms with E-state index >= 15 is 0 Å². The molecule has 0 aliphatic heterocycles. The Kier molecular flexibility index (Phi) is 6.04. The molecule has 0 saturated heterocycles. The van der Waals surface area contributed by atoms with E-state index in [9.17, 15) is 4.79 Å². The number of hydrogen-bond donors (Lipinski definition) is 1. The Bertz CT molecular complexity index is 213. The van der Waals surface area contributed by atoms with Crippen molar-refractivity contribution < 1.29 is 4.79 Å². The predicted octanol–water partition coefficient (Wildman–Crippen LogP) is 3.29. The number of ketones is 1. The summed E-state index contributed by atoms with van der Waals surface area (Å²) in [6.45, 7) is 4.42. The van der Waals surface area contributed by atoms with E-state index in [1.807, 2.05) is 0 Å². The van der Waals surface area contributed by atoms with Gasteiger partial charge in [0.25, 0.3) is 0 Å². The van der Waals surface area contributed by atoms with E-state index in [2.05, 4.69) is 13.8 Å². The summed E-state index contributed by atoms with van der Waals surface area (Å²) in [6.07, 6.45) is 8.67. The standard InChI is InChI=1S/C14H27NO/c1-11(2)7-6-10-14(16)12-8-4-3-5-9-13(12)15/h11-13H,3-10,15H2,1-2H3. The summed E-state index contributed by atoms with van der Waals surface area (Å²) in [6, 6.07) is 0.133. The maximum atomic E-state index is 12.1. The smallest absolute Gasteiger partial charge is 0.137 e. The van der Waals surface area contributed by atoms with Gasteiger partial charge in [0, 0.05) is 18.4 Å². The van der Waals surface area contributed by atoms with Crippen molar-refractivity contribution in [2.24, 2.45) is 17.6 Å². The second kappa shape index (κ2) is 7.05. The van der Waals surface area contributed by atoms with Crippen LogP contribution in [0, 0.1) is 11.8 Å². The van der Waals surface area contributed by atoms with Crippen molar-refractivity contribution in [2.75, 3.05) is 0 Å². The fourth-order valence-corrected chi connectivity index (χ4v) is 2.61. The van der Waals surface area contributed by atoms with Crippen LogP contribution in [0.1, 0.15) is 65.2 Å². The average Bonchev–Trinajstić information content (AvgIpc) is 2.42. The normalized spacial score (nSPS) is 26.8. The van der Waals surface area contributed by atoms with E-state index in [0.717, 1.165) is 32.1 Å². The van der Waals surface area contributed by atoms with Crippen LogP contribution in [0.25, 0.3) is 0 Å². The molecule has 1 rings (SSSR count). The maximum absolute atomic E-state index is 12.1. The number of hydrogen-bond acceptors (Lipinski definition) is 2.